The molecule has 0 bridgehead atoms. The predicted octanol–water partition coefficient (Wildman–Crippen LogP) is 7.48. The third-order valence-electron chi connectivity index (χ3n) is 5.43. The molecule has 7 heteroatoms. The maximum atomic E-state index is 8.98. The number of likely N-dealkylation sites (N-methyl/N-ethyl adjacent to an activating group) is 1. The van der Waals surface area contributed by atoms with Crippen LogP contribution < -0.4 is 5.73 Å². The zero-order chi connectivity index (χ0) is 31.3. The first-order valence-electron chi connectivity index (χ1n) is 14.4. The van der Waals surface area contributed by atoms with E-state index in [2.05, 4.69) is 66.0 Å². The number of aromatic nitrogens is 3. The summed E-state index contributed by atoms with van der Waals surface area (Å²) in [5.74, 6) is 0.849. The molecule has 226 valence electrons. The van der Waals surface area contributed by atoms with Crippen molar-refractivity contribution < 1.29 is 10.2 Å². The fourth-order valence-corrected chi connectivity index (χ4v) is 3.58. The van der Waals surface area contributed by atoms with Crippen molar-refractivity contribution in [3.05, 3.63) is 71.4 Å². The monoisotopic (exact) mass is 555 g/mol. The molecule has 0 saturated carbocycles. The van der Waals surface area contributed by atoms with Gasteiger partial charge in [-0.1, -0.05) is 64.5 Å². The van der Waals surface area contributed by atoms with Gasteiger partial charge in [-0.3, -0.25) is 0 Å². The van der Waals surface area contributed by atoms with Gasteiger partial charge in [0.1, 0.15) is 17.6 Å². The lowest BCUT2D eigenvalue weighted by Gasteiger charge is -2.18. The van der Waals surface area contributed by atoms with Gasteiger partial charge in [-0.2, -0.15) is 5.10 Å². The van der Waals surface area contributed by atoms with Crippen LogP contribution in [0.5, 0.6) is 0 Å². The van der Waals surface area contributed by atoms with Crippen LogP contribution in [0.2, 0.25) is 0 Å². The highest BCUT2D eigenvalue weighted by atomic mass is 16.3. The van der Waals surface area contributed by atoms with Gasteiger partial charge >= 0.3 is 0 Å². The summed E-state index contributed by atoms with van der Waals surface area (Å²) in [4.78, 5) is 6.28. The zero-order valence-corrected chi connectivity index (χ0v) is 26.7. The highest BCUT2D eigenvalue weighted by molar-refractivity contribution is 5.70. The second kappa shape index (κ2) is 28.7. The van der Waals surface area contributed by atoms with Crippen molar-refractivity contribution in [2.45, 2.75) is 88.0 Å². The van der Waals surface area contributed by atoms with Gasteiger partial charge < -0.3 is 20.8 Å². The molecule has 0 atom stereocenters. The molecule has 2 heterocycles. The molecular weight excluding hydrogens is 498 g/mol. The molecule has 0 radical (unpaired) electrons. The van der Waals surface area contributed by atoms with E-state index in [1.807, 2.05) is 46.1 Å². The molecule has 1 aliphatic rings. The van der Waals surface area contributed by atoms with E-state index in [1.54, 1.807) is 25.2 Å². The summed E-state index contributed by atoms with van der Waals surface area (Å²) in [6.07, 6.45) is 25.7. The minimum absolute atomic E-state index is 0.213. The van der Waals surface area contributed by atoms with Crippen LogP contribution in [0.4, 0.5) is 5.82 Å². The van der Waals surface area contributed by atoms with E-state index < -0.39 is 0 Å². The average molecular weight is 556 g/mol. The maximum absolute atomic E-state index is 8.98. The number of terminal acetylenes is 1. The van der Waals surface area contributed by atoms with E-state index in [1.165, 1.54) is 24.7 Å². The molecule has 7 nitrogen and oxygen atoms in total. The van der Waals surface area contributed by atoms with Crippen molar-refractivity contribution >= 4 is 11.3 Å². The Morgan fingerprint density at radius 3 is 2.20 bits per heavy atom. The van der Waals surface area contributed by atoms with E-state index in [-0.39, 0.29) is 6.61 Å². The summed E-state index contributed by atoms with van der Waals surface area (Å²) in [5, 5.41) is 21.9. The van der Waals surface area contributed by atoms with Crippen molar-refractivity contribution in [1.29, 1.82) is 0 Å². The zero-order valence-electron chi connectivity index (χ0n) is 26.7. The fourth-order valence-electron chi connectivity index (χ4n) is 3.58. The van der Waals surface area contributed by atoms with Crippen LogP contribution in [0.25, 0.3) is 5.52 Å². The predicted molar refractivity (Wildman–Crippen MR) is 176 cm³/mol. The maximum Gasteiger partial charge on any atom is 0.151 e. The van der Waals surface area contributed by atoms with E-state index in [4.69, 9.17) is 15.9 Å². The number of anilines is 1. The van der Waals surface area contributed by atoms with E-state index in [9.17, 15) is 0 Å². The Balaban J connectivity index is -0.000000563. The second-order valence-electron chi connectivity index (χ2n) is 8.13. The fraction of sp³-hybridized carbons (Fsp3) is 0.515. The molecule has 0 spiro atoms. The lowest BCUT2D eigenvalue weighted by molar-refractivity contribution is 0.200. The normalized spacial score (nSPS) is 11.8. The van der Waals surface area contributed by atoms with Crippen LogP contribution in [0.1, 0.15) is 85.9 Å². The molecule has 0 saturated heterocycles. The Bertz CT molecular complexity index is 1010. The molecule has 3 rings (SSSR count). The minimum Gasteiger partial charge on any atom is -0.508 e. The summed E-state index contributed by atoms with van der Waals surface area (Å²) >= 11 is 0. The molecule has 4 N–H and O–H groups in total. The number of nitrogen functional groups attached to an aromatic ring is 1. The van der Waals surface area contributed by atoms with Crippen molar-refractivity contribution in [2.75, 3.05) is 32.0 Å². The Morgan fingerprint density at radius 1 is 1.12 bits per heavy atom. The molecule has 40 heavy (non-hydrogen) atoms. The lowest BCUT2D eigenvalue weighted by atomic mass is 10.1. The standard InChI is InChI=1S/C14H23N5O.C7H10.C6H10O.2C2H6.C2H2/c1-3-18(7-8-20)6-4-5-12-9-11(2)13-14(15)16-10-17-19(12)13;1-7-5-3-2-4-6-7;1-3-5-6(7)4-2;3*1-2/h9-10,20H,3-8H2,1-2H3,(H2,15,16,17);3,5-6H,2,4H2,1H3;3-5,7H,1-2H3;2*1-2H3;1-2H/b;;5-3-,6-4+;;;. The van der Waals surface area contributed by atoms with Gasteiger partial charge in [0, 0.05) is 12.2 Å². The summed E-state index contributed by atoms with van der Waals surface area (Å²) in [6.45, 7) is 20.8. The molecular formula is C33H57N5O2. The van der Waals surface area contributed by atoms with Crippen LogP contribution in [-0.2, 0) is 6.42 Å². The number of aliphatic hydroxyl groups excluding tert-OH is 2. The number of hydrogen-bond acceptors (Lipinski definition) is 6. The largest absolute Gasteiger partial charge is 0.508 e. The number of allylic oxidation sites excluding steroid dienone is 7. The van der Waals surface area contributed by atoms with Crippen molar-refractivity contribution in [1.82, 2.24) is 19.5 Å². The Morgan fingerprint density at radius 2 is 1.77 bits per heavy atom. The Labute approximate surface area is 245 Å². The molecule has 2 aromatic heterocycles. The van der Waals surface area contributed by atoms with Crippen LogP contribution >= 0.6 is 0 Å². The lowest BCUT2D eigenvalue weighted by Crippen LogP contribution is -2.28. The van der Waals surface area contributed by atoms with E-state index in [0.29, 0.717) is 11.6 Å². The van der Waals surface area contributed by atoms with Crippen molar-refractivity contribution in [3.63, 3.8) is 0 Å². The van der Waals surface area contributed by atoms with Crippen molar-refractivity contribution in [2.24, 2.45) is 0 Å². The van der Waals surface area contributed by atoms with Gasteiger partial charge in [-0.15, -0.1) is 12.8 Å². The van der Waals surface area contributed by atoms with Gasteiger partial charge in [-0.05, 0) is 90.2 Å². The van der Waals surface area contributed by atoms with Gasteiger partial charge in [0.2, 0.25) is 0 Å². The first-order chi connectivity index (χ1) is 19.4. The van der Waals surface area contributed by atoms with E-state index in [0.717, 1.165) is 49.2 Å². The van der Waals surface area contributed by atoms with Crippen molar-refractivity contribution in [3.8, 4) is 12.8 Å². The molecule has 0 unspecified atom stereocenters. The number of rotatable bonds is 8. The second-order valence-corrected chi connectivity index (χ2v) is 8.13. The SMILES string of the molecule is C#C.C/C=C\C(O)=C/C.CC.CC.CC1=CCCC=C1.CCN(CCO)CCCc1cc(C)c2c(N)ncnn12. The first-order valence-corrected chi connectivity index (χ1v) is 14.4. The number of aryl methyl sites for hydroxylation is 2. The third kappa shape index (κ3) is 18.0. The minimum atomic E-state index is 0.213. The summed E-state index contributed by atoms with van der Waals surface area (Å²) < 4.78 is 1.89. The number of fused-ring (bicyclic) bond motifs is 1. The molecule has 1 aliphatic carbocycles. The molecule has 0 aliphatic heterocycles. The summed E-state index contributed by atoms with van der Waals surface area (Å²) in [5.41, 5.74) is 10.5. The van der Waals surface area contributed by atoms with Crippen LogP contribution in [-0.4, -0.2) is 56.0 Å². The summed E-state index contributed by atoms with van der Waals surface area (Å²) in [7, 11) is 0. The molecule has 0 aromatic carbocycles. The quantitative estimate of drug-likeness (QED) is 0.177. The van der Waals surface area contributed by atoms with Crippen LogP contribution in [0.3, 0.4) is 0 Å². The molecule has 0 fully saturated rings. The number of nitrogens with zero attached hydrogens (tertiary/aromatic N) is 4. The Kier molecular flexibility index (Phi) is 29.5. The average Bonchev–Trinajstić information content (AvgIpc) is 3.33. The smallest absolute Gasteiger partial charge is 0.151 e. The van der Waals surface area contributed by atoms with E-state index >= 15 is 0 Å². The number of nitrogens with two attached hydrogens (primary N) is 1. The molecule has 2 aromatic rings. The van der Waals surface area contributed by atoms with Crippen LogP contribution in [0, 0.1) is 19.8 Å². The number of hydrogen-bond donors (Lipinski definition) is 3. The summed E-state index contributed by atoms with van der Waals surface area (Å²) in [6, 6.07) is 2.13. The highest BCUT2D eigenvalue weighted by Crippen LogP contribution is 2.20. The Hall–Kier alpha value is -3.34. The van der Waals surface area contributed by atoms with Gasteiger partial charge in [0.05, 0.1) is 6.61 Å². The molecule has 0 amide bonds. The number of aliphatic hydroxyl groups is 2. The van der Waals surface area contributed by atoms with Crippen LogP contribution in [0.15, 0.2) is 60.2 Å². The third-order valence-corrected chi connectivity index (χ3v) is 5.43. The van der Waals surface area contributed by atoms with Gasteiger partial charge in [-0.25, -0.2) is 9.50 Å². The first kappa shape index (κ1) is 41.1. The highest BCUT2D eigenvalue weighted by Gasteiger charge is 2.10. The van der Waals surface area contributed by atoms with Gasteiger partial charge in [0.25, 0.3) is 0 Å². The topological polar surface area (TPSA) is 99.9 Å². The van der Waals surface area contributed by atoms with Gasteiger partial charge in [0.15, 0.2) is 5.82 Å².